The first-order valence-corrected chi connectivity index (χ1v) is 4.94. The summed E-state index contributed by atoms with van der Waals surface area (Å²) in [6.45, 7) is 2.05. The molecule has 5 nitrogen and oxygen atoms in total. The Morgan fingerprint density at radius 2 is 2.38 bits per heavy atom. The highest BCUT2D eigenvalue weighted by Gasteiger charge is 2.19. The number of hydrogen-bond donors (Lipinski definition) is 1. The summed E-state index contributed by atoms with van der Waals surface area (Å²) in [4.78, 5) is 13.9. The van der Waals surface area contributed by atoms with Gasteiger partial charge < -0.3 is 5.73 Å². The molecule has 2 N–H and O–H groups in total. The van der Waals surface area contributed by atoms with Crippen molar-refractivity contribution in [1.29, 1.82) is 0 Å². The Labute approximate surface area is 97.8 Å². The molecule has 1 heterocycles. The molecular formula is C10H10ClN3O2. The van der Waals surface area contributed by atoms with E-state index in [1.807, 2.05) is 0 Å². The molecule has 0 spiro atoms. The van der Waals surface area contributed by atoms with Gasteiger partial charge in [-0.3, -0.25) is 10.1 Å². The third-order valence-corrected chi connectivity index (χ3v) is 2.21. The highest BCUT2D eigenvalue weighted by atomic mass is 35.5. The number of rotatable bonds is 2. The average Bonchev–Trinajstić information content (AvgIpc) is 2.21. The number of nitro groups is 1. The van der Waals surface area contributed by atoms with Gasteiger partial charge in [-0.2, -0.15) is 0 Å². The van der Waals surface area contributed by atoms with E-state index < -0.39 is 4.92 Å². The van der Waals surface area contributed by atoms with Gasteiger partial charge in [-0.25, -0.2) is 4.98 Å². The molecule has 1 aromatic rings. The van der Waals surface area contributed by atoms with Crippen LogP contribution in [0, 0.1) is 28.9 Å². The van der Waals surface area contributed by atoms with Crippen molar-refractivity contribution in [3.05, 3.63) is 32.6 Å². The van der Waals surface area contributed by atoms with Crippen molar-refractivity contribution in [3.63, 3.8) is 0 Å². The zero-order valence-electron chi connectivity index (χ0n) is 8.66. The largest absolute Gasteiger partial charge is 0.330 e. The van der Waals surface area contributed by atoms with Gasteiger partial charge in [0.05, 0.1) is 10.5 Å². The van der Waals surface area contributed by atoms with E-state index in [-0.39, 0.29) is 10.8 Å². The van der Waals surface area contributed by atoms with E-state index in [0.717, 1.165) is 0 Å². The van der Waals surface area contributed by atoms with Gasteiger partial charge >= 0.3 is 5.69 Å². The number of halogens is 1. The number of pyridine rings is 1. The molecule has 0 fully saturated rings. The fourth-order valence-corrected chi connectivity index (χ4v) is 1.39. The SMILES string of the molecule is Cc1c(C#CCCN)cnc(Cl)c1[N+](=O)[O-]. The van der Waals surface area contributed by atoms with Gasteiger partial charge in [-0.1, -0.05) is 23.4 Å². The third kappa shape index (κ3) is 2.69. The van der Waals surface area contributed by atoms with Crippen LogP contribution in [0.25, 0.3) is 0 Å². The molecule has 6 heteroatoms. The predicted octanol–water partition coefficient (Wildman–Crippen LogP) is 1.65. The first kappa shape index (κ1) is 12.4. The monoisotopic (exact) mass is 239 g/mol. The molecule has 0 aliphatic rings. The van der Waals surface area contributed by atoms with Crippen LogP contribution in [-0.2, 0) is 0 Å². The number of aromatic nitrogens is 1. The number of nitrogens with two attached hydrogens (primary N) is 1. The molecular weight excluding hydrogens is 230 g/mol. The Balaban J connectivity index is 3.20. The zero-order valence-corrected chi connectivity index (χ0v) is 9.41. The maximum Gasteiger partial charge on any atom is 0.310 e. The maximum atomic E-state index is 10.7. The molecule has 0 atom stereocenters. The third-order valence-electron chi connectivity index (χ3n) is 1.94. The summed E-state index contributed by atoms with van der Waals surface area (Å²) < 4.78 is 0. The summed E-state index contributed by atoms with van der Waals surface area (Å²) >= 11 is 5.64. The van der Waals surface area contributed by atoms with Crippen LogP contribution >= 0.6 is 11.6 Å². The molecule has 0 aromatic carbocycles. The minimum Gasteiger partial charge on any atom is -0.330 e. The van der Waals surface area contributed by atoms with E-state index in [4.69, 9.17) is 17.3 Å². The van der Waals surface area contributed by atoms with Crippen LogP contribution in [0.2, 0.25) is 5.15 Å². The van der Waals surface area contributed by atoms with Crippen molar-refractivity contribution in [2.24, 2.45) is 5.73 Å². The van der Waals surface area contributed by atoms with Gasteiger partial charge in [0.25, 0.3) is 0 Å². The number of hydrogen-bond acceptors (Lipinski definition) is 4. The van der Waals surface area contributed by atoms with E-state index >= 15 is 0 Å². The highest BCUT2D eigenvalue weighted by Crippen LogP contribution is 2.27. The van der Waals surface area contributed by atoms with Crippen molar-refractivity contribution in [3.8, 4) is 11.8 Å². The van der Waals surface area contributed by atoms with Gasteiger partial charge in [0.1, 0.15) is 0 Å². The van der Waals surface area contributed by atoms with Crippen molar-refractivity contribution < 1.29 is 4.92 Å². The number of nitrogens with zero attached hydrogens (tertiary/aromatic N) is 2. The second-order valence-electron chi connectivity index (χ2n) is 3.03. The van der Waals surface area contributed by atoms with E-state index in [0.29, 0.717) is 24.1 Å². The van der Waals surface area contributed by atoms with Crippen LogP contribution < -0.4 is 5.73 Å². The van der Waals surface area contributed by atoms with Crippen LogP contribution in [0.4, 0.5) is 5.69 Å². The van der Waals surface area contributed by atoms with Crippen molar-refractivity contribution in [1.82, 2.24) is 4.98 Å². The van der Waals surface area contributed by atoms with Crippen molar-refractivity contribution in [2.45, 2.75) is 13.3 Å². The molecule has 0 amide bonds. The summed E-state index contributed by atoms with van der Waals surface area (Å²) in [6.07, 6.45) is 1.96. The summed E-state index contributed by atoms with van der Waals surface area (Å²) in [5.41, 5.74) is 6.02. The Morgan fingerprint density at radius 1 is 1.69 bits per heavy atom. The topological polar surface area (TPSA) is 82.0 Å². The Hall–Kier alpha value is -1.64. The van der Waals surface area contributed by atoms with Crippen LogP contribution in [0.5, 0.6) is 0 Å². The molecule has 16 heavy (non-hydrogen) atoms. The molecule has 0 saturated carbocycles. The smallest absolute Gasteiger partial charge is 0.310 e. The highest BCUT2D eigenvalue weighted by molar-refractivity contribution is 6.31. The van der Waals surface area contributed by atoms with E-state index in [1.54, 1.807) is 6.92 Å². The normalized spacial score (nSPS) is 9.44. The molecule has 1 aromatic heterocycles. The minimum atomic E-state index is -0.557. The van der Waals surface area contributed by atoms with Gasteiger partial charge in [-0.05, 0) is 6.92 Å². The molecule has 1 rings (SSSR count). The van der Waals surface area contributed by atoms with Gasteiger partial charge in [0.2, 0.25) is 5.15 Å². The molecule has 0 aliphatic heterocycles. The summed E-state index contributed by atoms with van der Waals surface area (Å²) in [5, 5.41) is 10.6. The van der Waals surface area contributed by atoms with Crippen LogP contribution in [-0.4, -0.2) is 16.5 Å². The minimum absolute atomic E-state index is 0.119. The first-order chi connectivity index (χ1) is 7.57. The quantitative estimate of drug-likeness (QED) is 0.368. The lowest BCUT2D eigenvalue weighted by molar-refractivity contribution is -0.385. The van der Waals surface area contributed by atoms with Crippen molar-refractivity contribution >= 4 is 17.3 Å². The molecule has 0 aliphatic carbocycles. The van der Waals surface area contributed by atoms with E-state index in [2.05, 4.69) is 16.8 Å². The second-order valence-corrected chi connectivity index (χ2v) is 3.39. The molecule has 0 bridgehead atoms. The fraction of sp³-hybridized carbons (Fsp3) is 0.300. The molecule has 0 radical (unpaired) electrons. The average molecular weight is 240 g/mol. The second kappa shape index (κ2) is 5.45. The van der Waals surface area contributed by atoms with Gasteiger partial charge in [0.15, 0.2) is 0 Å². The Morgan fingerprint density at radius 3 is 2.94 bits per heavy atom. The van der Waals surface area contributed by atoms with E-state index in [1.165, 1.54) is 6.20 Å². The lowest BCUT2D eigenvalue weighted by atomic mass is 10.1. The zero-order chi connectivity index (χ0) is 12.1. The van der Waals surface area contributed by atoms with Gasteiger partial charge in [-0.15, -0.1) is 0 Å². The Kier molecular flexibility index (Phi) is 4.23. The summed E-state index contributed by atoms with van der Waals surface area (Å²) in [6, 6.07) is 0. The first-order valence-electron chi connectivity index (χ1n) is 4.56. The predicted molar refractivity (Wildman–Crippen MR) is 61.2 cm³/mol. The fourth-order valence-electron chi connectivity index (χ4n) is 1.13. The van der Waals surface area contributed by atoms with E-state index in [9.17, 15) is 10.1 Å². The molecule has 84 valence electrons. The summed E-state index contributed by atoms with van der Waals surface area (Å²) in [5.74, 6) is 5.58. The van der Waals surface area contributed by atoms with Crippen LogP contribution in [0.1, 0.15) is 17.5 Å². The van der Waals surface area contributed by atoms with Gasteiger partial charge in [0, 0.05) is 24.7 Å². The standard InChI is InChI=1S/C10H10ClN3O2/c1-7-8(4-2-3-5-12)6-13-10(11)9(7)14(15)16/h6H,3,5,12H2,1H3. The molecule has 0 unspecified atom stereocenters. The Bertz CT molecular complexity index is 477. The lowest BCUT2D eigenvalue weighted by Crippen LogP contribution is -1.98. The van der Waals surface area contributed by atoms with Crippen LogP contribution in [0.3, 0.4) is 0 Å². The molecule has 0 saturated heterocycles. The lowest BCUT2D eigenvalue weighted by Gasteiger charge is -2.00. The van der Waals surface area contributed by atoms with Crippen LogP contribution in [0.15, 0.2) is 6.20 Å². The summed E-state index contributed by atoms with van der Waals surface area (Å²) in [7, 11) is 0. The maximum absolute atomic E-state index is 10.7. The van der Waals surface area contributed by atoms with Crippen molar-refractivity contribution in [2.75, 3.05) is 6.54 Å².